The van der Waals surface area contributed by atoms with E-state index in [1.807, 2.05) is 22.9 Å². The maximum atomic E-state index is 4.29. The average molecular weight is 404 g/mol. The molecule has 0 aliphatic heterocycles. The van der Waals surface area contributed by atoms with Gasteiger partial charge in [0.1, 0.15) is 0 Å². The largest absolute Gasteiger partial charge is 0.352 e. The maximum absolute atomic E-state index is 4.29. The van der Waals surface area contributed by atoms with E-state index in [-0.39, 0.29) is 0 Å². The minimum atomic E-state index is 0.696. The molecule has 2 rings (SSSR count). The van der Waals surface area contributed by atoms with Gasteiger partial charge >= 0.3 is 0 Å². The standard InChI is InChI=1S/C12H11BrIN3/c1-2-5-15-12-16-6-7-17(12)11-8-9(13)3-4-10(11)14/h2-4,6-8H,1,5H2,(H,15,16). The van der Waals surface area contributed by atoms with Gasteiger partial charge in [-0.1, -0.05) is 22.0 Å². The minimum Gasteiger partial charge on any atom is -0.352 e. The highest BCUT2D eigenvalue weighted by Gasteiger charge is 2.07. The Morgan fingerprint density at radius 3 is 3.12 bits per heavy atom. The lowest BCUT2D eigenvalue weighted by molar-refractivity contribution is 1.03. The van der Waals surface area contributed by atoms with Crippen molar-refractivity contribution < 1.29 is 0 Å². The summed E-state index contributed by atoms with van der Waals surface area (Å²) in [4.78, 5) is 4.29. The van der Waals surface area contributed by atoms with Crippen LogP contribution in [0.15, 0.2) is 47.7 Å². The lowest BCUT2D eigenvalue weighted by Crippen LogP contribution is -2.06. The zero-order valence-electron chi connectivity index (χ0n) is 9.03. The lowest BCUT2D eigenvalue weighted by Gasteiger charge is -2.10. The summed E-state index contributed by atoms with van der Waals surface area (Å²) >= 11 is 5.80. The van der Waals surface area contributed by atoms with Crippen molar-refractivity contribution in [2.75, 3.05) is 11.9 Å². The zero-order chi connectivity index (χ0) is 12.3. The first-order valence-electron chi connectivity index (χ1n) is 5.06. The Morgan fingerprint density at radius 1 is 1.53 bits per heavy atom. The van der Waals surface area contributed by atoms with Crippen LogP contribution < -0.4 is 5.32 Å². The Morgan fingerprint density at radius 2 is 2.35 bits per heavy atom. The molecule has 1 N–H and O–H groups in total. The molecule has 88 valence electrons. The van der Waals surface area contributed by atoms with Crippen LogP contribution >= 0.6 is 38.5 Å². The predicted molar refractivity (Wildman–Crippen MR) is 82.7 cm³/mol. The van der Waals surface area contributed by atoms with Crippen LogP contribution in [-0.4, -0.2) is 16.1 Å². The van der Waals surface area contributed by atoms with Gasteiger partial charge in [0.05, 0.1) is 5.69 Å². The number of nitrogens with zero attached hydrogens (tertiary/aromatic N) is 2. The normalized spacial score (nSPS) is 10.2. The van der Waals surface area contributed by atoms with E-state index in [0.29, 0.717) is 6.54 Å². The summed E-state index contributed by atoms with van der Waals surface area (Å²) in [6.07, 6.45) is 5.53. The Hall–Kier alpha value is -0.820. The fourth-order valence-corrected chi connectivity index (χ4v) is 2.41. The van der Waals surface area contributed by atoms with Gasteiger partial charge in [-0.3, -0.25) is 4.57 Å². The van der Waals surface area contributed by atoms with Gasteiger partial charge in [0, 0.05) is 27.0 Å². The van der Waals surface area contributed by atoms with Gasteiger partial charge in [0.15, 0.2) is 0 Å². The Balaban J connectivity index is 2.42. The molecule has 0 atom stereocenters. The van der Waals surface area contributed by atoms with Gasteiger partial charge in [-0.15, -0.1) is 6.58 Å². The molecule has 0 amide bonds. The highest BCUT2D eigenvalue weighted by atomic mass is 127. The molecule has 17 heavy (non-hydrogen) atoms. The SMILES string of the molecule is C=CCNc1nccn1-c1cc(Br)ccc1I. The molecule has 1 aromatic carbocycles. The summed E-state index contributed by atoms with van der Waals surface area (Å²) in [5.41, 5.74) is 1.10. The summed E-state index contributed by atoms with van der Waals surface area (Å²) in [7, 11) is 0. The van der Waals surface area contributed by atoms with Gasteiger partial charge in [0.2, 0.25) is 5.95 Å². The highest BCUT2D eigenvalue weighted by Crippen LogP contribution is 2.24. The molecule has 0 radical (unpaired) electrons. The molecule has 0 bridgehead atoms. The molecule has 2 aromatic rings. The first-order chi connectivity index (χ1) is 8.22. The molecule has 0 saturated carbocycles. The molecule has 0 saturated heterocycles. The fourth-order valence-electron chi connectivity index (χ4n) is 1.46. The smallest absolute Gasteiger partial charge is 0.207 e. The van der Waals surface area contributed by atoms with Gasteiger partial charge in [0.25, 0.3) is 0 Å². The summed E-state index contributed by atoms with van der Waals surface area (Å²) in [6.45, 7) is 4.38. The highest BCUT2D eigenvalue weighted by molar-refractivity contribution is 14.1. The van der Waals surface area contributed by atoms with Crippen molar-refractivity contribution in [2.24, 2.45) is 0 Å². The van der Waals surface area contributed by atoms with Gasteiger partial charge < -0.3 is 5.32 Å². The third kappa shape index (κ3) is 2.90. The van der Waals surface area contributed by atoms with Crippen LogP contribution in [0.25, 0.3) is 5.69 Å². The topological polar surface area (TPSA) is 29.9 Å². The first kappa shape index (κ1) is 12.6. The molecule has 1 aromatic heterocycles. The second kappa shape index (κ2) is 5.68. The first-order valence-corrected chi connectivity index (χ1v) is 6.93. The second-order valence-corrected chi connectivity index (χ2v) is 5.46. The Kier molecular flexibility index (Phi) is 4.22. The second-order valence-electron chi connectivity index (χ2n) is 3.39. The number of anilines is 1. The number of imidazole rings is 1. The number of rotatable bonds is 4. The van der Waals surface area contributed by atoms with E-state index in [0.717, 1.165) is 16.1 Å². The molecule has 3 nitrogen and oxygen atoms in total. The number of benzene rings is 1. The monoisotopic (exact) mass is 403 g/mol. The summed E-state index contributed by atoms with van der Waals surface area (Å²) in [5, 5.41) is 3.20. The fraction of sp³-hybridized carbons (Fsp3) is 0.0833. The van der Waals surface area contributed by atoms with Gasteiger partial charge in [-0.05, 0) is 40.8 Å². The van der Waals surface area contributed by atoms with E-state index in [1.165, 1.54) is 3.57 Å². The molecule has 0 fully saturated rings. The van der Waals surface area contributed by atoms with Crippen molar-refractivity contribution in [3.63, 3.8) is 0 Å². The molecule has 0 spiro atoms. The zero-order valence-corrected chi connectivity index (χ0v) is 12.8. The minimum absolute atomic E-state index is 0.696. The van der Waals surface area contributed by atoms with Gasteiger partial charge in [-0.2, -0.15) is 0 Å². The van der Waals surface area contributed by atoms with E-state index >= 15 is 0 Å². The van der Waals surface area contributed by atoms with Crippen LogP contribution in [0.4, 0.5) is 5.95 Å². The number of nitrogens with one attached hydrogen (secondary N) is 1. The van der Waals surface area contributed by atoms with Crippen LogP contribution in [0.5, 0.6) is 0 Å². The molecule has 0 aliphatic rings. The summed E-state index contributed by atoms with van der Waals surface area (Å²) in [6, 6.07) is 6.17. The molecule has 0 unspecified atom stereocenters. The van der Waals surface area contributed by atoms with Crippen LogP contribution in [0, 0.1) is 3.57 Å². The number of aromatic nitrogens is 2. The van der Waals surface area contributed by atoms with Crippen LogP contribution in [0.2, 0.25) is 0 Å². The Labute approximate surface area is 122 Å². The van der Waals surface area contributed by atoms with Crippen molar-refractivity contribution in [1.29, 1.82) is 0 Å². The van der Waals surface area contributed by atoms with Crippen molar-refractivity contribution in [2.45, 2.75) is 0 Å². The molecule has 1 heterocycles. The number of halogens is 2. The van der Waals surface area contributed by atoms with E-state index in [9.17, 15) is 0 Å². The van der Waals surface area contributed by atoms with Crippen molar-refractivity contribution >= 4 is 44.5 Å². The quantitative estimate of drug-likeness (QED) is 0.620. The third-order valence-corrected chi connectivity index (χ3v) is 3.62. The predicted octanol–water partition coefficient (Wildman–Crippen LogP) is 3.84. The number of hydrogen-bond donors (Lipinski definition) is 1. The number of hydrogen-bond acceptors (Lipinski definition) is 2. The van der Waals surface area contributed by atoms with Crippen LogP contribution in [-0.2, 0) is 0 Å². The van der Waals surface area contributed by atoms with E-state index in [1.54, 1.807) is 6.20 Å². The van der Waals surface area contributed by atoms with Gasteiger partial charge in [-0.25, -0.2) is 4.98 Å². The molecule has 5 heteroatoms. The van der Waals surface area contributed by atoms with E-state index in [4.69, 9.17) is 0 Å². The van der Waals surface area contributed by atoms with Crippen molar-refractivity contribution in [3.05, 3.63) is 51.3 Å². The molecular formula is C12H11BrIN3. The third-order valence-electron chi connectivity index (χ3n) is 2.21. The van der Waals surface area contributed by atoms with Crippen molar-refractivity contribution in [3.8, 4) is 5.69 Å². The lowest BCUT2D eigenvalue weighted by atomic mass is 10.3. The molecule has 0 aliphatic carbocycles. The maximum Gasteiger partial charge on any atom is 0.207 e. The average Bonchev–Trinajstić information content (AvgIpc) is 2.77. The summed E-state index contributed by atoms with van der Waals surface area (Å²) < 4.78 is 4.25. The Bertz CT molecular complexity index is 536. The van der Waals surface area contributed by atoms with Crippen LogP contribution in [0.1, 0.15) is 0 Å². The van der Waals surface area contributed by atoms with E-state index in [2.05, 4.69) is 67.5 Å². The van der Waals surface area contributed by atoms with E-state index < -0.39 is 0 Å². The van der Waals surface area contributed by atoms with Crippen molar-refractivity contribution in [1.82, 2.24) is 9.55 Å². The molecular weight excluding hydrogens is 393 g/mol. The van der Waals surface area contributed by atoms with Crippen LogP contribution in [0.3, 0.4) is 0 Å². The summed E-state index contributed by atoms with van der Waals surface area (Å²) in [5.74, 6) is 0.820.